The predicted molar refractivity (Wildman–Crippen MR) is 382 cm³/mol. The summed E-state index contributed by atoms with van der Waals surface area (Å²) in [6.45, 7) is 4.94. The highest BCUT2D eigenvalue weighted by Gasteiger charge is 2.30. The van der Waals surface area contributed by atoms with Gasteiger partial charge in [-0.2, -0.15) is 0 Å². The van der Waals surface area contributed by atoms with E-state index >= 15 is 0 Å². The molecule has 0 aromatic carbocycles. The molecule has 0 amide bonds. The first-order valence-corrected chi connectivity index (χ1v) is 42.3. The summed E-state index contributed by atoms with van der Waals surface area (Å²) >= 11 is 0. The van der Waals surface area contributed by atoms with Gasteiger partial charge < -0.3 is 33.8 Å². The lowest BCUT2D eigenvalue weighted by Gasteiger charge is -2.21. The van der Waals surface area contributed by atoms with Gasteiger partial charge in [0.2, 0.25) is 0 Å². The molecular formula is C75H146O17P2. The zero-order chi connectivity index (χ0) is 69.0. The van der Waals surface area contributed by atoms with E-state index in [1.807, 2.05) is 0 Å². The molecule has 0 fully saturated rings. The molecule has 0 bridgehead atoms. The molecule has 0 radical (unpaired) electrons. The van der Waals surface area contributed by atoms with E-state index in [4.69, 9.17) is 37.0 Å². The second-order valence-electron chi connectivity index (χ2n) is 27.0. The third-order valence-electron chi connectivity index (χ3n) is 17.6. The molecule has 0 aliphatic carbocycles. The molecule has 0 saturated carbocycles. The van der Waals surface area contributed by atoms with E-state index in [1.54, 1.807) is 0 Å². The first-order valence-electron chi connectivity index (χ1n) is 39.3. The first-order chi connectivity index (χ1) is 45.7. The van der Waals surface area contributed by atoms with Crippen molar-refractivity contribution >= 4 is 39.5 Å². The number of hydrogen-bond donors (Lipinski definition) is 3. The van der Waals surface area contributed by atoms with E-state index in [1.165, 1.54) is 218 Å². The highest BCUT2D eigenvalue weighted by molar-refractivity contribution is 7.47. The van der Waals surface area contributed by atoms with Crippen molar-refractivity contribution in [2.45, 2.75) is 418 Å². The summed E-state index contributed by atoms with van der Waals surface area (Å²) in [4.78, 5) is 72.6. The molecule has 17 nitrogen and oxygen atoms in total. The van der Waals surface area contributed by atoms with Crippen LogP contribution in [0.1, 0.15) is 400 Å². The Bertz CT molecular complexity index is 1790. The van der Waals surface area contributed by atoms with Gasteiger partial charge in [0, 0.05) is 25.7 Å². The van der Waals surface area contributed by atoms with Crippen LogP contribution in [0.5, 0.6) is 0 Å². The lowest BCUT2D eigenvalue weighted by molar-refractivity contribution is -0.161. The van der Waals surface area contributed by atoms with Gasteiger partial charge in [-0.3, -0.25) is 37.3 Å². The molecule has 19 heteroatoms. The smallest absolute Gasteiger partial charge is 0.462 e. The van der Waals surface area contributed by atoms with Crippen molar-refractivity contribution in [3.05, 3.63) is 0 Å². The Morgan fingerprint density at radius 2 is 0.426 bits per heavy atom. The van der Waals surface area contributed by atoms with E-state index in [2.05, 4.69) is 27.7 Å². The van der Waals surface area contributed by atoms with E-state index < -0.39 is 97.5 Å². The Kier molecular flexibility index (Phi) is 68.1. The lowest BCUT2D eigenvalue weighted by Crippen LogP contribution is -2.30. The minimum absolute atomic E-state index is 0.107. The summed E-state index contributed by atoms with van der Waals surface area (Å²) in [5.74, 6) is -2.12. The molecule has 558 valence electrons. The number of carbonyl (C=O) groups excluding carboxylic acids is 4. The number of esters is 4. The molecule has 2 unspecified atom stereocenters. The molecule has 0 saturated heterocycles. The zero-order valence-electron chi connectivity index (χ0n) is 60.9. The maximum atomic E-state index is 13.1. The SMILES string of the molecule is CCCCCCCCCCCCCCCCCCCCCCCC(=O)O[C@H](COC(=O)CCCCCCCCCCCCCCCC)COP(=O)(O)OC[C@@H](O)COP(=O)(O)OC[C@@H](COC(=O)CCCCCCCCC)OC(=O)CCCCCCCCCCCCCC. The fourth-order valence-corrected chi connectivity index (χ4v) is 13.2. The molecule has 0 aliphatic rings. The third kappa shape index (κ3) is 68.6. The van der Waals surface area contributed by atoms with Crippen LogP contribution in [0.3, 0.4) is 0 Å². The summed E-state index contributed by atoms with van der Waals surface area (Å²) in [6, 6.07) is 0. The average Bonchev–Trinajstić information content (AvgIpc) is 3.12. The number of aliphatic hydroxyl groups is 1. The molecule has 0 rings (SSSR count). The molecule has 94 heavy (non-hydrogen) atoms. The Hall–Kier alpha value is -1.94. The summed E-state index contributed by atoms with van der Waals surface area (Å²) < 4.78 is 68.4. The predicted octanol–water partition coefficient (Wildman–Crippen LogP) is 22.2. The molecular weight excluding hydrogens is 1230 g/mol. The highest BCUT2D eigenvalue weighted by Crippen LogP contribution is 2.45. The number of phosphoric ester groups is 2. The van der Waals surface area contributed by atoms with Crippen LogP contribution in [0.15, 0.2) is 0 Å². The normalized spacial score (nSPS) is 13.9. The van der Waals surface area contributed by atoms with Crippen molar-refractivity contribution in [2.24, 2.45) is 0 Å². The Balaban J connectivity index is 5.15. The van der Waals surface area contributed by atoms with Crippen molar-refractivity contribution < 1.29 is 80.2 Å². The first kappa shape index (κ1) is 92.1. The fraction of sp³-hybridized carbons (Fsp3) is 0.947. The van der Waals surface area contributed by atoms with E-state index in [-0.39, 0.29) is 25.7 Å². The summed E-state index contributed by atoms with van der Waals surface area (Å²) in [5, 5.41) is 10.6. The summed E-state index contributed by atoms with van der Waals surface area (Å²) in [6.07, 6.45) is 59.8. The van der Waals surface area contributed by atoms with Crippen molar-refractivity contribution in [3.63, 3.8) is 0 Å². The minimum atomic E-state index is -4.95. The van der Waals surface area contributed by atoms with E-state index in [0.717, 1.165) is 103 Å². The van der Waals surface area contributed by atoms with Gasteiger partial charge >= 0.3 is 39.5 Å². The van der Waals surface area contributed by atoms with E-state index in [9.17, 15) is 43.2 Å². The fourth-order valence-electron chi connectivity index (χ4n) is 11.6. The van der Waals surface area contributed by atoms with Crippen LogP contribution < -0.4 is 0 Å². The number of rotatable bonds is 76. The molecule has 0 spiro atoms. The van der Waals surface area contributed by atoms with Gasteiger partial charge in [0.25, 0.3) is 0 Å². The van der Waals surface area contributed by atoms with Gasteiger partial charge in [0.15, 0.2) is 12.2 Å². The van der Waals surface area contributed by atoms with Crippen LogP contribution >= 0.6 is 15.6 Å². The number of hydrogen-bond acceptors (Lipinski definition) is 15. The second-order valence-corrected chi connectivity index (χ2v) is 29.9. The van der Waals surface area contributed by atoms with Crippen molar-refractivity contribution in [1.29, 1.82) is 0 Å². The second kappa shape index (κ2) is 69.5. The van der Waals surface area contributed by atoms with Crippen molar-refractivity contribution in [2.75, 3.05) is 39.6 Å². The number of ether oxygens (including phenoxy) is 4. The molecule has 0 aromatic heterocycles. The molecule has 0 aromatic rings. The Morgan fingerprint density at radius 1 is 0.255 bits per heavy atom. The Labute approximate surface area is 575 Å². The largest absolute Gasteiger partial charge is 0.472 e. The number of unbranched alkanes of at least 4 members (excludes halogenated alkanes) is 50. The van der Waals surface area contributed by atoms with Gasteiger partial charge in [0.1, 0.15) is 19.3 Å². The molecule has 5 atom stereocenters. The number of aliphatic hydroxyl groups excluding tert-OH is 1. The number of carbonyl (C=O) groups is 4. The molecule has 0 heterocycles. The van der Waals surface area contributed by atoms with Crippen molar-refractivity contribution in [3.8, 4) is 0 Å². The van der Waals surface area contributed by atoms with Crippen molar-refractivity contribution in [1.82, 2.24) is 0 Å². The topological polar surface area (TPSA) is 237 Å². The molecule has 0 aliphatic heterocycles. The maximum Gasteiger partial charge on any atom is 0.472 e. The van der Waals surface area contributed by atoms with Gasteiger partial charge in [-0.1, -0.05) is 349 Å². The Morgan fingerprint density at radius 3 is 0.628 bits per heavy atom. The van der Waals surface area contributed by atoms with Gasteiger partial charge in [-0.05, 0) is 25.7 Å². The number of phosphoric acid groups is 2. The van der Waals surface area contributed by atoms with Crippen LogP contribution in [0, 0.1) is 0 Å². The van der Waals surface area contributed by atoms with E-state index in [0.29, 0.717) is 25.7 Å². The van der Waals surface area contributed by atoms with Crippen LogP contribution in [-0.4, -0.2) is 96.7 Å². The van der Waals surface area contributed by atoms with Crippen LogP contribution in [0.25, 0.3) is 0 Å². The quantitative estimate of drug-likeness (QED) is 0.0222. The van der Waals surface area contributed by atoms with Gasteiger partial charge in [-0.15, -0.1) is 0 Å². The summed E-state index contributed by atoms with van der Waals surface area (Å²) in [5.41, 5.74) is 0. The maximum absolute atomic E-state index is 13.1. The molecule has 3 N–H and O–H groups in total. The monoisotopic (exact) mass is 1380 g/mol. The minimum Gasteiger partial charge on any atom is -0.462 e. The highest BCUT2D eigenvalue weighted by atomic mass is 31.2. The van der Waals surface area contributed by atoms with Crippen LogP contribution in [0.2, 0.25) is 0 Å². The van der Waals surface area contributed by atoms with Gasteiger partial charge in [-0.25, -0.2) is 9.13 Å². The standard InChI is InChI=1S/C75H146O17P2/c1-5-9-13-17-21-24-27-30-32-33-34-35-36-37-38-40-43-46-50-54-58-62-75(80)92-71(66-86-73(78)60-56-52-48-44-42-39-31-28-25-22-18-14-10-6-2)68-90-94(83,84)88-64-69(76)63-87-93(81,82)89-67-70(65-85-72(77)59-55-51-47-20-16-12-8-4)91-74(79)61-57-53-49-45-41-29-26-23-19-15-11-7-3/h69-71,76H,5-68H2,1-4H3,(H,81,82)(H,83,84)/t69-,70+,71+/m0/s1. The zero-order valence-corrected chi connectivity index (χ0v) is 62.7. The summed E-state index contributed by atoms with van der Waals surface area (Å²) in [7, 11) is -9.90. The van der Waals surface area contributed by atoms with Crippen LogP contribution in [0.4, 0.5) is 0 Å². The third-order valence-corrected chi connectivity index (χ3v) is 19.5. The van der Waals surface area contributed by atoms with Gasteiger partial charge in [0.05, 0.1) is 26.4 Å². The van der Waals surface area contributed by atoms with Crippen LogP contribution in [-0.2, 0) is 65.4 Å². The average molecular weight is 1380 g/mol. The lowest BCUT2D eigenvalue weighted by atomic mass is 10.0.